The first-order valence-corrected chi connectivity index (χ1v) is 8.39. The number of ether oxygens (including phenoxy) is 1. The molecular formula is C17H17BrFN3O2. The van der Waals surface area contributed by atoms with Gasteiger partial charge < -0.3 is 9.72 Å². The van der Waals surface area contributed by atoms with Crippen LogP contribution in [0, 0.1) is 5.82 Å². The second-order valence-corrected chi connectivity index (χ2v) is 6.64. The smallest absolute Gasteiger partial charge is 0.415 e. The standard InChI is InChI=1S/C17H17BrFN3O2/c1-10(2)24-17(23)22-7-3-4-15(22)16-20-9-14(21-16)12-6-5-11(18)8-13(12)19/h5-6,8-9,15H,1,3-4,7H2,2H3,(H,20,21)/t15-/m0/s1. The third kappa shape index (κ3) is 3.36. The Morgan fingerprint density at radius 2 is 2.33 bits per heavy atom. The number of halogens is 2. The fourth-order valence-electron chi connectivity index (χ4n) is 2.83. The molecule has 1 aliphatic rings. The molecule has 24 heavy (non-hydrogen) atoms. The number of H-pyrrole nitrogens is 1. The van der Waals surface area contributed by atoms with Gasteiger partial charge in [-0.25, -0.2) is 14.2 Å². The molecule has 5 nitrogen and oxygen atoms in total. The molecule has 1 amide bonds. The average molecular weight is 394 g/mol. The van der Waals surface area contributed by atoms with Crippen molar-refractivity contribution in [2.75, 3.05) is 6.54 Å². The number of benzene rings is 1. The van der Waals surface area contributed by atoms with Gasteiger partial charge in [0.25, 0.3) is 0 Å². The van der Waals surface area contributed by atoms with E-state index in [0.717, 1.165) is 12.8 Å². The summed E-state index contributed by atoms with van der Waals surface area (Å²) < 4.78 is 19.9. The van der Waals surface area contributed by atoms with Gasteiger partial charge in [0.15, 0.2) is 0 Å². The van der Waals surface area contributed by atoms with E-state index >= 15 is 0 Å². The molecule has 2 aromatic rings. The summed E-state index contributed by atoms with van der Waals surface area (Å²) in [5.74, 6) is 0.635. The molecule has 1 N–H and O–H groups in total. The number of hydrogen-bond donors (Lipinski definition) is 1. The van der Waals surface area contributed by atoms with E-state index in [-0.39, 0.29) is 11.9 Å². The van der Waals surface area contributed by atoms with Crippen molar-refractivity contribution in [1.29, 1.82) is 0 Å². The Labute approximate surface area is 147 Å². The van der Waals surface area contributed by atoms with Gasteiger partial charge in [-0.05, 0) is 38.0 Å². The summed E-state index contributed by atoms with van der Waals surface area (Å²) in [6.45, 7) is 5.81. The number of likely N-dealkylation sites (tertiary alicyclic amines) is 1. The first-order chi connectivity index (χ1) is 11.5. The zero-order valence-electron chi connectivity index (χ0n) is 13.2. The van der Waals surface area contributed by atoms with E-state index in [1.54, 1.807) is 30.2 Å². The molecule has 1 saturated heterocycles. The van der Waals surface area contributed by atoms with Crippen LogP contribution in [0.15, 0.2) is 41.2 Å². The molecule has 1 aliphatic heterocycles. The van der Waals surface area contributed by atoms with Crippen LogP contribution in [0.2, 0.25) is 0 Å². The lowest BCUT2D eigenvalue weighted by molar-refractivity contribution is 0.123. The van der Waals surface area contributed by atoms with E-state index in [4.69, 9.17) is 4.74 Å². The molecule has 1 aromatic heterocycles. The number of nitrogens with zero attached hydrogens (tertiary/aromatic N) is 2. The maximum absolute atomic E-state index is 14.1. The van der Waals surface area contributed by atoms with Crippen molar-refractivity contribution in [2.24, 2.45) is 0 Å². The Hall–Kier alpha value is -2.15. The van der Waals surface area contributed by atoms with Crippen LogP contribution in [0.4, 0.5) is 9.18 Å². The Balaban J connectivity index is 1.84. The molecule has 0 bridgehead atoms. The van der Waals surface area contributed by atoms with Crippen molar-refractivity contribution < 1.29 is 13.9 Å². The van der Waals surface area contributed by atoms with Gasteiger partial charge in [-0.15, -0.1) is 0 Å². The number of aromatic amines is 1. The van der Waals surface area contributed by atoms with Crippen molar-refractivity contribution in [3.05, 3.63) is 52.8 Å². The lowest BCUT2D eigenvalue weighted by Crippen LogP contribution is -2.31. The first-order valence-electron chi connectivity index (χ1n) is 7.60. The molecule has 0 spiro atoms. The highest BCUT2D eigenvalue weighted by Crippen LogP contribution is 2.33. The molecule has 1 fully saturated rings. The summed E-state index contributed by atoms with van der Waals surface area (Å²) in [5.41, 5.74) is 1.01. The van der Waals surface area contributed by atoms with Gasteiger partial charge >= 0.3 is 6.09 Å². The van der Waals surface area contributed by atoms with Gasteiger partial charge in [-0.1, -0.05) is 22.5 Å². The molecule has 1 aromatic carbocycles. The first kappa shape index (κ1) is 16.7. The fraction of sp³-hybridized carbons (Fsp3) is 0.294. The zero-order valence-corrected chi connectivity index (χ0v) is 14.8. The second-order valence-electron chi connectivity index (χ2n) is 5.73. The van der Waals surface area contributed by atoms with Crippen molar-refractivity contribution in [3.8, 4) is 11.3 Å². The van der Waals surface area contributed by atoms with Gasteiger partial charge in [-0.3, -0.25) is 4.90 Å². The highest BCUT2D eigenvalue weighted by molar-refractivity contribution is 9.10. The molecule has 0 unspecified atom stereocenters. The minimum absolute atomic E-state index is 0.205. The second kappa shape index (κ2) is 6.76. The zero-order chi connectivity index (χ0) is 17.3. The monoisotopic (exact) mass is 393 g/mol. The van der Waals surface area contributed by atoms with Crippen LogP contribution in [-0.2, 0) is 4.74 Å². The van der Waals surface area contributed by atoms with Crippen LogP contribution in [0.1, 0.15) is 31.6 Å². The lowest BCUT2D eigenvalue weighted by atomic mass is 10.1. The molecule has 0 saturated carbocycles. The van der Waals surface area contributed by atoms with Gasteiger partial charge in [0.2, 0.25) is 0 Å². The number of allylic oxidation sites excluding steroid dienone is 1. The molecule has 1 atom stereocenters. The molecule has 2 heterocycles. The van der Waals surface area contributed by atoms with E-state index in [0.29, 0.717) is 33.9 Å². The minimum atomic E-state index is -0.433. The molecule has 3 rings (SSSR count). The van der Waals surface area contributed by atoms with Crippen molar-refractivity contribution in [3.63, 3.8) is 0 Å². The SMILES string of the molecule is C=C(C)OC(=O)N1CCC[C@H]1c1ncc(-c2ccc(Br)cc2F)[nH]1. The normalized spacial score (nSPS) is 17.1. The van der Waals surface area contributed by atoms with Crippen LogP contribution in [0.5, 0.6) is 0 Å². The van der Waals surface area contributed by atoms with Gasteiger partial charge in [-0.2, -0.15) is 0 Å². The number of carbonyl (C=O) groups excluding carboxylic acids is 1. The quantitative estimate of drug-likeness (QED) is 0.762. The van der Waals surface area contributed by atoms with Crippen LogP contribution in [0.25, 0.3) is 11.3 Å². The maximum Gasteiger partial charge on any atom is 0.415 e. The number of aromatic nitrogens is 2. The summed E-state index contributed by atoms with van der Waals surface area (Å²) in [7, 11) is 0. The summed E-state index contributed by atoms with van der Waals surface area (Å²) in [6, 6.07) is 4.65. The Kier molecular flexibility index (Phi) is 4.71. The van der Waals surface area contributed by atoms with Crippen LogP contribution >= 0.6 is 15.9 Å². The molecule has 126 valence electrons. The van der Waals surface area contributed by atoms with Gasteiger partial charge in [0.1, 0.15) is 11.6 Å². The van der Waals surface area contributed by atoms with Crippen molar-refractivity contribution in [2.45, 2.75) is 25.8 Å². The van der Waals surface area contributed by atoms with E-state index in [2.05, 4.69) is 32.5 Å². The third-order valence-electron chi connectivity index (χ3n) is 3.88. The van der Waals surface area contributed by atoms with E-state index < -0.39 is 6.09 Å². The highest BCUT2D eigenvalue weighted by Gasteiger charge is 2.33. The number of hydrogen-bond acceptors (Lipinski definition) is 3. The van der Waals surface area contributed by atoms with Gasteiger partial charge in [0.05, 0.1) is 23.7 Å². The van der Waals surface area contributed by atoms with E-state index in [9.17, 15) is 9.18 Å². The predicted octanol–water partition coefficient (Wildman–Crippen LogP) is 4.79. The number of amides is 1. The van der Waals surface area contributed by atoms with Crippen LogP contribution < -0.4 is 0 Å². The van der Waals surface area contributed by atoms with Crippen molar-refractivity contribution >= 4 is 22.0 Å². The fourth-order valence-corrected chi connectivity index (χ4v) is 3.16. The highest BCUT2D eigenvalue weighted by atomic mass is 79.9. The Bertz CT molecular complexity index is 790. The number of rotatable bonds is 3. The number of nitrogens with one attached hydrogen (secondary N) is 1. The molecule has 0 aliphatic carbocycles. The summed E-state index contributed by atoms with van der Waals surface area (Å²) >= 11 is 3.24. The molecular weight excluding hydrogens is 377 g/mol. The maximum atomic E-state index is 14.1. The van der Waals surface area contributed by atoms with Crippen molar-refractivity contribution in [1.82, 2.24) is 14.9 Å². The average Bonchev–Trinajstić information content (AvgIpc) is 3.15. The topological polar surface area (TPSA) is 58.2 Å². The summed E-state index contributed by atoms with van der Waals surface area (Å²) in [5, 5.41) is 0. The van der Waals surface area contributed by atoms with Crippen LogP contribution in [-0.4, -0.2) is 27.5 Å². The van der Waals surface area contributed by atoms with E-state index in [1.807, 2.05) is 0 Å². The molecule has 7 heteroatoms. The van der Waals surface area contributed by atoms with Gasteiger partial charge in [0, 0.05) is 16.6 Å². The summed E-state index contributed by atoms with van der Waals surface area (Å²) in [4.78, 5) is 21.2. The minimum Gasteiger partial charge on any atom is -0.416 e. The summed E-state index contributed by atoms with van der Waals surface area (Å²) in [6.07, 6.45) is 2.79. The number of imidazole rings is 1. The van der Waals surface area contributed by atoms with Crippen LogP contribution in [0.3, 0.4) is 0 Å². The Morgan fingerprint density at radius 1 is 1.54 bits per heavy atom. The third-order valence-corrected chi connectivity index (χ3v) is 4.37. The number of carbonyl (C=O) groups is 1. The van der Waals surface area contributed by atoms with E-state index in [1.165, 1.54) is 6.07 Å². The largest absolute Gasteiger partial charge is 0.416 e. The molecule has 0 radical (unpaired) electrons. The Morgan fingerprint density at radius 3 is 3.04 bits per heavy atom. The predicted molar refractivity (Wildman–Crippen MR) is 91.7 cm³/mol. The lowest BCUT2D eigenvalue weighted by Gasteiger charge is -2.22.